The second-order valence-electron chi connectivity index (χ2n) is 2.76. The van der Waals surface area contributed by atoms with Gasteiger partial charge in [0.1, 0.15) is 6.10 Å². The van der Waals surface area contributed by atoms with Crippen LogP contribution in [0.4, 0.5) is 0 Å². The van der Waals surface area contributed by atoms with Crippen molar-refractivity contribution in [3.63, 3.8) is 0 Å². The lowest BCUT2D eigenvalue weighted by molar-refractivity contribution is -0.148. The third-order valence-electron chi connectivity index (χ3n) is 1.89. The summed E-state index contributed by atoms with van der Waals surface area (Å²) in [6.07, 6.45) is 1.05. The van der Waals surface area contributed by atoms with Gasteiger partial charge >= 0.3 is 0 Å². The van der Waals surface area contributed by atoms with Gasteiger partial charge in [-0.25, -0.2) is 0 Å². The Morgan fingerprint density at radius 3 is 2.92 bits per heavy atom. The molecule has 1 rings (SSSR count). The van der Waals surface area contributed by atoms with E-state index in [1.807, 2.05) is 6.92 Å². The Balaban J connectivity index is 2.31. The lowest BCUT2D eigenvalue weighted by atomic mass is 10.2. The van der Waals surface area contributed by atoms with Gasteiger partial charge in [-0.1, -0.05) is 0 Å². The lowest BCUT2D eigenvalue weighted by Gasteiger charge is -2.11. The minimum absolute atomic E-state index is 0.0305. The molecule has 0 aromatic rings. The van der Waals surface area contributed by atoms with Gasteiger partial charge in [0.05, 0.1) is 0 Å². The number of carbonyl (C=O) groups is 1. The molecule has 0 aliphatic carbocycles. The van der Waals surface area contributed by atoms with Gasteiger partial charge in [-0.05, 0) is 13.3 Å². The molecule has 2 atom stereocenters. The first-order valence-electron chi connectivity index (χ1n) is 4.24. The van der Waals surface area contributed by atoms with Crippen molar-refractivity contribution >= 4 is 5.91 Å². The van der Waals surface area contributed by atoms with Gasteiger partial charge in [-0.2, -0.15) is 0 Å². The molecule has 1 aliphatic heterocycles. The van der Waals surface area contributed by atoms with Crippen LogP contribution in [0.5, 0.6) is 0 Å². The van der Waals surface area contributed by atoms with Crippen molar-refractivity contribution in [3.05, 3.63) is 0 Å². The smallest absolute Gasteiger partial charge is 0.249 e. The molecule has 12 heavy (non-hydrogen) atoms. The number of hydrogen-bond donors (Lipinski definition) is 1. The van der Waals surface area contributed by atoms with Crippen LogP contribution in [0.3, 0.4) is 0 Å². The zero-order chi connectivity index (χ0) is 8.97. The van der Waals surface area contributed by atoms with E-state index in [4.69, 9.17) is 9.47 Å². The summed E-state index contributed by atoms with van der Waals surface area (Å²) >= 11 is 0. The molecular formula is C8H15NO3. The van der Waals surface area contributed by atoms with Gasteiger partial charge in [-0.15, -0.1) is 0 Å². The maximum atomic E-state index is 11.2. The molecule has 0 saturated carbocycles. The fraction of sp³-hybridized carbons (Fsp3) is 0.875. The van der Waals surface area contributed by atoms with Gasteiger partial charge in [0.15, 0.2) is 6.29 Å². The first-order valence-corrected chi connectivity index (χ1v) is 4.24. The summed E-state index contributed by atoms with van der Waals surface area (Å²) in [5, 5.41) is 2.71. The van der Waals surface area contributed by atoms with Crippen LogP contribution >= 0.6 is 0 Å². The number of carbonyl (C=O) groups excluding carboxylic acids is 1. The van der Waals surface area contributed by atoms with E-state index in [-0.39, 0.29) is 18.3 Å². The largest absolute Gasteiger partial charge is 0.356 e. The topological polar surface area (TPSA) is 47.6 Å². The van der Waals surface area contributed by atoms with Crippen molar-refractivity contribution in [3.8, 4) is 0 Å². The first kappa shape index (κ1) is 9.48. The van der Waals surface area contributed by atoms with E-state index in [1.54, 1.807) is 7.11 Å². The van der Waals surface area contributed by atoms with Crippen LogP contribution < -0.4 is 5.32 Å². The van der Waals surface area contributed by atoms with Crippen LogP contribution in [0.1, 0.15) is 19.8 Å². The maximum absolute atomic E-state index is 11.2. The Kier molecular flexibility index (Phi) is 3.49. The minimum atomic E-state index is -0.310. The molecule has 1 heterocycles. The summed E-state index contributed by atoms with van der Waals surface area (Å²) in [5.74, 6) is -0.0305. The highest BCUT2D eigenvalue weighted by Crippen LogP contribution is 2.19. The lowest BCUT2D eigenvalue weighted by Crippen LogP contribution is -2.34. The fourth-order valence-corrected chi connectivity index (χ4v) is 1.26. The molecule has 1 fully saturated rings. The van der Waals surface area contributed by atoms with Crippen LogP contribution in [0.2, 0.25) is 0 Å². The summed E-state index contributed by atoms with van der Waals surface area (Å²) in [7, 11) is 1.59. The van der Waals surface area contributed by atoms with E-state index in [0.717, 1.165) is 12.8 Å². The number of likely N-dealkylation sites (N-methyl/N-ethyl adjacent to an activating group) is 1. The summed E-state index contributed by atoms with van der Waals surface area (Å²) in [4.78, 5) is 11.2. The van der Waals surface area contributed by atoms with Crippen LogP contribution in [0, 0.1) is 0 Å². The van der Waals surface area contributed by atoms with Crippen molar-refractivity contribution in [2.24, 2.45) is 0 Å². The summed E-state index contributed by atoms with van der Waals surface area (Å²) in [6.45, 7) is 2.54. The van der Waals surface area contributed by atoms with E-state index in [9.17, 15) is 4.79 Å². The van der Waals surface area contributed by atoms with Crippen LogP contribution in [-0.2, 0) is 14.3 Å². The third kappa shape index (κ3) is 2.19. The molecule has 0 radical (unpaired) electrons. The van der Waals surface area contributed by atoms with Gasteiger partial charge in [0, 0.05) is 20.1 Å². The monoisotopic (exact) mass is 173 g/mol. The Bertz CT molecular complexity index is 160. The summed E-state index contributed by atoms with van der Waals surface area (Å²) in [6, 6.07) is 0. The van der Waals surface area contributed by atoms with Gasteiger partial charge < -0.3 is 14.8 Å². The molecule has 2 unspecified atom stereocenters. The van der Waals surface area contributed by atoms with Crippen LogP contribution in [0.25, 0.3) is 0 Å². The van der Waals surface area contributed by atoms with Gasteiger partial charge in [0.2, 0.25) is 5.91 Å². The van der Waals surface area contributed by atoms with E-state index in [0.29, 0.717) is 6.54 Å². The average Bonchev–Trinajstić information content (AvgIpc) is 2.52. The fourth-order valence-electron chi connectivity index (χ4n) is 1.26. The Morgan fingerprint density at radius 1 is 1.67 bits per heavy atom. The van der Waals surface area contributed by atoms with Crippen molar-refractivity contribution in [1.29, 1.82) is 0 Å². The predicted molar refractivity (Wildman–Crippen MR) is 43.6 cm³/mol. The second kappa shape index (κ2) is 4.42. The molecule has 0 spiro atoms. The third-order valence-corrected chi connectivity index (χ3v) is 1.89. The van der Waals surface area contributed by atoms with E-state index in [1.165, 1.54) is 0 Å². The zero-order valence-corrected chi connectivity index (χ0v) is 7.50. The number of nitrogens with one attached hydrogen (secondary N) is 1. The first-order chi connectivity index (χ1) is 5.77. The molecular weight excluding hydrogens is 158 g/mol. The number of amides is 1. The predicted octanol–water partition coefficient (Wildman–Crippen LogP) is 0.274. The SMILES string of the molecule is CCNC(=O)C1CCC(OC)O1. The van der Waals surface area contributed by atoms with Crippen LogP contribution in [-0.4, -0.2) is 32.0 Å². The summed E-state index contributed by atoms with van der Waals surface area (Å²) < 4.78 is 10.3. The van der Waals surface area contributed by atoms with Crippen molar-refractivity contribution in [2.45, 2.75) is 32.2 Å². The molecule has 1 N–H and O–H groups in total. The molecule has 4 nitrogen and oxygen atoms in total. The summed E-state index contributed by atoms with van der Waals surface area (Å²) in [5.41, 5.74) is 0. The molecule has 0 aromatic carbocycles. The second-order valence-corrected chi connectivity index (χ2v) is 2.76. The highest BCUT2D eigenvalue weighted by atomic mass is 16.7. The number of methoxy groups -OCH3 is 1. The number of ether oxygens (including phenoxy) is 2. The quantitative estimate of drug-likeness (QED) is 0.666. The normalized spacial score (nSPS) is 28.8. The number of hydrogen-bond acceptors (Lipinski definition) is 3. The Morgan fingerprint density at radius 2 is 2.42 bits per heavy atom. The van der Waals surface area contributed by atoms with E-state index >= 15 is 0 Å². The molecule has 0 aromatic heterocycles. The molecule has 70 valence electrons. The van der Waals surface area contributed by atoms with Crippen molar-refractivity contribution in [2.75, 3.05) is 13.7 Å². The van der Waals surface area contributed by atoms with E-state index in [2.05, 4.69) is 5.32 Å². The molecule has 1 amide bonds. The molecule has 1 aliphatic rings. The van der Waals surface area contributed by atoms with Gasteiger partial charge in [0.25, 0.3) is 0 Å². The van der Waals surface area contributed by atoms with E-state index < -0.39 is 0 Å². The Hall–Kier alpha value is -0.610. The number of rotatable bonds is 3. The standard InChI is InChI=1S/C8H15NO3/c1-3-9-8(10)6-4-5-7(11-2)12-6/h6-7H,3-5H2,1-2H3,(H,9,10). The highest BCUT2D eigenvalue weighted by Gasteiger charge is 2.29. The van der Waals surface area contributed by atoms with Gasteiger partial charge in [-0.3, -0.25) is 4.79 Å². The van der Waals surface area contributed by atoms with Crippen molar-refractivity contribution in [1.82, 2.24) is 5.32 Å². The Labute approximate surface area is 72.2 Å². The average molecular weight is 173 g/mol. The van der Waals surface area contributed by atoms with Crippen molar-refractivity contribution < 1.29 is 14.3 Å². The molecule has 1 saturated heterocycles. The zero-order valence-electron chi connectivity index (χ0n) is 7.50. The minimum Gasteiger partial charge on any atom is -0.356 e. The highest BCUT2D eigenvalue weighted by molar-refractivity contribution is 5.80. The molecule has 4 heteroatoms. The molecule has 0 bridgehead atoms. The maximum Gasteiger partial charge on any atom is 0.249 e. The van der Waals surface area contributed by atoms with Crippen LogP contribution in [0.15, 0.2) is 0 Å².